The smallest absolute Gasteiger partial charge is 0.243 e. The standard InChI is InChI=1S/C28H27N3O3/c1-18(32)31-26(15-23-17-29-25-5-3-2-4-24(23)25)28(33)30-16-19-6-8-20(9-7-19)21-10-11-27-22(14-21)12-13-34-27/h2-11,14,17,26,29H,12-13,15-16H2,1H3,(H,30,33)(H,31,32). The van der Waals surface area contributed by atoms with Crippen LogP contribution >= 0.6 is 0 Å². The molecule has 0 fully saturated rings. The Morgan fingerprint density at radius 3 is 2.65 bits per heavy atom. The number of ether oxygens (including phenoxy) is 1. The lowest BCUT2D eigenvalue weighted by Crippen LogP contribution is -2.47. The van der Waals surface area contributed by atoms with Gasteiger partial charge in [0.15, 0.2) is 0 Å². The lowest BCUT2D eigenvalue weighted by molar-refractivity contribution is -0.128. The van der Waals surface area contributed by atoms with Crippen LogP contribution in [0.4, 0.5) is 0 Å². The Labute approximate surface area is 198 Å². The van der Waals surface area contributed by atoms with Gasteiger partial charge in [0.1, 0.15) is 11.8 Å². The van der Waals surface area contributed by atoms with Crippen LogP contribution in [0.3, 0.4) is 0 Å². The van der Waals surface area contributed by atoms with Crippen molar-refractivity contribution in [1.29, 1.82) is 0 Å². The summed E-state index contributed by atoms with van der Waals surface area (Å²) in [6.45, 7) is 2.57. The molecule has 0 spiro atoms. The zero-order valence-electron chi connectivity index (χ0n) is 19.1. The second-order valence-electron chi connectivity index (χ2n) is 8.65. The monoisotopic (exact) mass is 453 g/mol. The van der Waals surface area contributed by atoms with E-state index in [0.717, 1.165) is 51.9 Å². The van der Waals surface area contributed by atoms with Gasteiger partial charge in [-0.2, -0.15) is 0 Å². The molecular formula is C28H27N3O3. The SMILES string of the molecule is CC(=O)NC(Cc1c[nH]c2ccccc12)C(=O)NCc1ccc(-c2ccc3c(c2)CCO3)cc1. The predicted octanol–water partition coefficient (Wildman–Crippen LogP) is 4.13. The van der Waals surface area contributed by atoms with E-state index in [-0.39, 0.29) is 11.8 Å². The van der Waals surface area contributed by atoms with Crippen LogP contribution < -0.4 is 15.4 Å². The molecular weight excluding hydrogens is 426 g/mol. The maximum Gasteiger partial charge on any atom is 0.243 e. The zero-order valence-corrected chi connectivity index (χ0v) is 19.1. The summed E-state index contributed by atoms with van der Waals surface area (Å²) in [5, 5.41) is 6.83. The van der Waals surface area contributed by atoms with Gasteiger partial charge in [0.2, 0.25) is 11.8 Å². The van der Waals surface area contributed by atoms with Gasteiger partial charge in [-0.05, 0) is 46.0 Å². The van der Waals surface area contributed by atoms with Crippen molar-refractivity contribution in [2.75, 3.05) is 6.61 Å². The van der Waals surface area contributed by atoms with E-state index in [9.17, 15) is 9.59 Å². The van der Waals surface area contributed by atoms with Gasteiger partial charge in [0.05, 0.1) is 6.61 Å². The number of rotatable bonds is 7. The summed E-state index contributed by atoms with van der Waals surface area (Å²) in [7, 11) is 0. The van der Waals surface area contributed by atoms with Crippen molar-refractivity contribution in [1.82, 2.24) is 15.6 Å². The fraction of sp³-hybridized carbons (Fsp3) is 0.214. The summed E-state index contributed by atoms with van der Waals surface area (Å²) < 4.78 is 5.59. The van der Waals surface area contributed by atoms with Gasteiger partial charge in [-0.3, -0.25) is 9.59 Å². The van der Waals surface area contributed by atoms with E-state index in [0.29, 0.717) is 13.0 Å². The fourth-order valence-electron chi connectivity index (χ4n) is 4.47. The molecule has 0 radical (unpaired) electrons. The van der Waals surface area contributed by atoms with Crippen molar-refractivity contribution in [3.05, 3.63) is 89.6 Å². The summed E-state index contributed by atoms with van der Waals surface area (Å²) in [4.78, 5) is 27.9. The number of amides is 2. The van der Waals surface area contributed by atoms with E-state index >= 15 is 0 Å². The molecule has 1 unspecified atom stereocenters. The Kier molecular flexibility index (Phi) is 6.04. The highest BCUT2D eigenvalue weighted by molar-refractivity contribution is 5.89. The first kappa shape index (κ1) is 21.8. The van der Waals surface area contributed by atoms with Crippen LogP contribution in [-0.4, -0.2) is 29.4 Å². The second kappa shape index (κ2) is 9.43. The summed E-state index contributed by atoms with van der Waals surface area (Å²) in [5.74, 6) is 0.539. The van der Waals surface area contributed by atoms with Gasteiger partial charge in [-0.1, -0.05) is 48.5 Å². The average Bonchev–Trinajstić information content (AvgIpc) is 3.49. The molecule has 1 aromatic heterocycles. The van der Waals surface area contributed by atoms with Crippen LogP contribution in [-0.2, 0) is 29.0 Å². The molecule has 1 aliphatic rings. The summed E-state index contributed by atoms with van der Waals surface area (Å²) >= 11 is 0. The highest BCUT2D eigenvalue weighted by atomic mass is 16.5. The van der Waals surface area contributed by atoms with Crippen LogP contribution in [0.5, 0.6) is 5.75 Å². The lowest BCUT2D eigenvalue weighted by Gasteiger charge is -2.17. The zero-order chi connectivity index (χ0) is 23.5. The quantitative estimate of drug-likeness (QED) is 0.393. The molecule has 4 aromatic rings. The number of hydrogen-bond acceptors (Lipinski definition) is 3. The Bertz CT molecular complexity index is 1340. The first-order valence-electron chi connectivity index (χ1n) is 11.5. The highest BCUT2D eigenvalue weighted by Crippen LogP contribution is 2.30. The Morgan fingerprint density at radius 2 is 1.82 bits per heavy atom. The molecule has 6 heteroatoms. The number of hydrogen-bond donors (Lipinski definition) is 3. The molecule has 0 saturated carbocycles. The minimum Gasteiger partial charge on any atom is -0.493 e. The lowest BCUT2D eigenvalue weighted by atomic mass is 10.0. The maximum absolute atomic E-state index is 13.0. The fourth-order valence-corrected chi connectivity index (χ4v) is 4.47. The van der Waals surface area contributed by atoms with E-state index in [4.69, 9.17) is 4.74 Å². The normalized spacial score (nSPS) is 13.2. The van der Waals surface area contributed by atoms with Gasteiger partial charge in [0, 0.05) is 43.4 Å². The van der Waals surface area contributed by atoms with Crippen molar-refractivity contribution in [2.24, 2.45) is 0 Å². The van der Waals surface area contributed by atoms with Crippen molar-refractivity contribution in [2.45, 2.75) is 32.4 Å². The molecule has 3 aromatic carbocycles. The van der Waals surface area contributed by atoms with E-state index in [1.807, 2.05) is 48.7 Å². The summed E-state index contributed by atoms with van der Waals surface area (Å²) in [5.41, 5.74) is 6.52. The van der Waals surface area contributed by atoms with Gasteiger partial charge in [-0.25, -0.2) is 0 Å². The minimum atomic E-state index is -0.649. The largest absolute Gasteiger partial charge is 0.493 e. The van der Waals surface area contributed by atoms with Crippen LogP contribution in [0.25, 0.3) is 22.0 Å². The third-order valence-corrected chi connectivity index (χ3v) is 6.24. The molecule has 3 N–H and O–H groups in total. The molecule has 2 amide bonds. The van der Waals surface area contributed by atoms with Crippen LogP contribution in [0.15, 0.2) is 72.9 Å². The number of carbonyl (C=O) groups is 2. The molecule has 1 aliphatic heterocycles. The molecule has 0 aliphatic carbocycles. The van der Waals surface area contributed by atoms with Gasteiger partial charge in [-0.15, -0.1) is 0 Å². The van der Waals surface area contributed by atoms with Crippen LogP contribution in [0.2, 0.25) is 0 Å². The number of carbonyl (C=O) groups excluding carboxylic acids is 2. The van der Waals surface area contributed by atoms with Crippen molar-refractivity contribution < 1.29 is 14.3 Å². The van der Waals surface area contributed by atoms with E-state index in [2.05, 4.69) is 39.9 Å². The summed E-state index contributed by atoms with van der Waals surface area (Å²) in [6, 6.07) is 21.7. The number of aromatic nitrogens is 1. The molecule has 34 heavy (non-hydrogen) atoms. The van der Waals surface area contributed by atoms with Crippen molar-refractivity contribution in [3.8, 4) is 16.9 Å². The number of nitrogens with one attached hydrogen (secondary N) is 3. The molecule has 2 heterocycles. The number of aromatic amines is 1. The number of H-pyrrole nitrogens is 1. The van der Waals surface area contributed by atoms with Gasteiger partial charge >= 0.3 is 0 Å². The topological polar surface area (TPSA) is 83.2 Å². The van der Waals surface area contributed by atoms with Crippen molar-refractivity contribution >= 4 is 22.7 Å². The third-order valence-electron chi connectivity index (χ3n) is 6.24. The molecule has 1 atom stereocenters. The van der Waals surface area contributed by atoms with Crippen molar-refractivity contribution in [3.63, 3.8) is 0 Å². The number of para-hydroxylation sites is 1. The second-order valence-corrected chi connectivity index (χ2v) is 8.65. The third kappa shape index (κ3) is 4.66. The van der Waals surface area contributed by atoms with E-state index < -0.39 is 6.04 Å². The summed E-state index contributed by atoms with van der Waals surface area (Å²) in [6.07, 6.45) is 3.26. The Balaban J connectivity index is 1.24. The van der Waals surface area contributed by atoms with Gasteiger partial charge in [0.25, 0.3) is 0 Å². The first-order chi connectivity index (χ1) is 16.6. The molecule has 172 valence electrons. The van der Waals surface area contributed by atoms with Crippen LogP contribution in [0.1, 0.15) is 23.6 Å². The molecule has 5 rings (SSSR count). The van der Waals surface area contributed by atoms with E-state index in [1.165, 1.54) is 12.5 Å². The molecule has 0 saturated heterocycles. The highest BCUT2D eigenvalue weighted by Gasteiger charge is 2.21. The first-order valence-corrected chi connectivity index (χ1v) is 11.5. The predicted molar refractivity (Wildman–Crippen MR) is 133 cm³/mol. The molecule has 6 nitrogen and oxygen atoms in total. The van der Waals surface area contributed by atoms with E-state index in [1.54, 1.807) is 0 Å². The van der Waals surface area contributed by atoms with Gasteiger partial charge < -0.3 is 20.4 Å². The molecule has 0 bridgehead atoms. The average molecular weight is 454 g/mol. The maximum atomic E-state index is 13.0. The number of fused-ring (bicyclic) bond motifs is 2. The Morgan fingerprint density at radius 1 is 1.03 bits per heavy atom. The van der Waals surface area contributed by atoms with Crippen LogP contribution in [0, 0.1) is 0 Å². The number of benzene rings is 3. The Hall–Kier alpha value is -4.06. The minimum absolute atomic E-state index is 0.205.